The number of ketones is 1. The summed E-state index contributed by atoms with van der Waals surface area (Å²) in [6.45, 7) is 5.84. The number of aromatic nitrogens is 4. The molecule has 16 nitrogen and oxygen atoms in total. The lowest BCUT2D eigenvalue weighted by molar-refractivity contribution is -0.137. The molecule has 6 rings (SSSR count). The van der Waals surface area contributed by atoms with Gasteiger partial charge in [-0.15, -0.1) is 0 Å². The molecule has 4 aromatic carbocycles. The van der Waals surface area contributed by atoms with Gasteiger partial charge in [0.25, 0.3) is 11.1 Å². The van der Waals surface area contributed by atoms with Crippen LogP contribution in [0.3, 0.4) is 0 Å². The summed E-state index contributed by atoms with van der Waals surface area (Å²) >= 11 is 11.9. The van der Waals surface area contributed by atoms with Crippen LogP contribution in [0.15, 0.2) is 116 Å². The molecule has 0 radical (unpaired) electrons. The van der Waals surface area contributed by atoms with Crippen LogP contribution in [-0.4, -0.2) is 59.0 Å². The number of benzene rings is 4. The largest absolute Gasteiger partial charge is 0.488 e. The standard InChI is InChI=1S/C25H27ClFN3O5.C22H21ClFN3O5/c1-16(2)35-22-10-9-19(12-21(22)27)28-23-13-24(33)30(15-20(32)4-3-11-31)25(34)29(23)14-17-5-7-18(26)8-6-17;1-13(2)32-18-8-7-16(9-17(18)24)25-19-10-20(28)27(12-21(29)30)22(31)26(19)11-14-3-5-15(23)6-4-14/h5-10,12-13,16,28,31H,3-4,11,14-15H2,1-2H3;3-10,13,25H,11-12H2,1-2H3,(H,29,30). The number of carbonyl (C=O) groups excluding carboxylic acids is 1. The number of carbonyl (C=O) groups is 2. The van der Waals surface area contributed by atoms with E-state index in [1.807, 2.05) is 0 Å². The number of nitrogens with one attached hydrogen (secondary N) is 2. The molecule has 0 aliphatic rings. The fourth-order valence-electron chi connectivity index (χ4n) is 6.40. The maximum absolute atomic E-state index is 14.5. The number of carboxylic acids is 1. The van der Waals surface area contributed by atoms with Crippen LogP contribution >= 0.6 is 23.2 Å². The van der Waals surface area contributed by atoms with Crippen molar-refractivity contribution in [3.05, 3.63) is 172 Å². The minimum Gasteiger partial charge on any atom is -0.488 e. The van der Waals surface area contributed by atoms with E-state index in [-0.39, 0.29) is 79.4 Å². The lowest BCUT2D eigenvalue weighted by atomic mass is 10.2. The van der Waals surface area contributed by atoms with Crippen molar-refractivity contribution in [2.45, 2.75) is 78.9 Å². The first-order valence-corrected chi connectivity index (χ1v) is 21.6. The van der Waals surface area contributed by atoms with Gasteiger partial charge in [-0.05, 0) is 93.8 Å². The van der Waals surface area contributed by atoms with Gasteiger partial charge in [-0.1, -0.05) is 47.5 Å². The Morgan fingerprint density at radius 1 is 0.612 bits per heavy atom. The quantitative estimate of drug-likeness (QED) is 0.0637. The van der Waals surface area contributed by atoms with Gasteiger partial charge < -0.3 is 30.3 Å². The van der Waals surface area contributed by atoms with E-state index < -0.39 is 53.2 Å². The molecule has 20 heteroatoms. The first kappa shape index (κ1) is 51.0. The van der Waals surface area contributed by atoms with Crippen LogP contribution in [0.1, 0.15) is 51.7 Å². The Morgan fingerprint density at radius 2 is 1.01 bits per heavy atom. The molecule has 4 N–H and O–H groups in total. The third-order valence-corrected chi connectivity index (χ3v) is 9.94. The van der Waals surface area contributed by atoms with E-state index in [0.717, 1.165) is 16.2 Å². The van der Waals surface area contributed by atoms with Crippen LogP contribution in [0.25, 0.3) is 0 Å². The minimum absolute atomic E-state index is 0.0231. The topological polar surface area (TPSA) is 205 Å². The van der Waals surface area contributed by atoms with Crippen molar-refractivity contribution in [2.75, 3.05) is 17.2 Å². The van der Waals surface area contributed by atoms with Crippen LogP contribution in [-0.2, 0) is 35.8 Å². The Balaban J connectivity index is 0.000000252. The van der Waals surface area contributed by atoms with Gasteiger partial charge >= 0.3 is 17.3 Å². The van der Waals surface area contributed by atoms with Gasteiger partial charge in [0.2, 0.25) is 0 Å². The lowest BCUT2D eigenvalue weighted by Gasteiger charge is -2.17. The van der Waals surface area contributed by atoms with Crippen molar-refractivity contribution in [1.82, 2.24) is 18.3 Å². The summed E-state index contributed by atoms with van der Waals surface area (Å²) in [5.74, 6) is -2.53. The Labute approximate surface area is 392 Å². The molecule has 0 amide bonds. The minimum atomic E-state index is -1.33. The molecule has 0 saturated carbocycles. The van der Waals surface area contributed by atoms with Crippen molar-refractivity contribution >= 4 is 58.0 Å². The number of aliphatic hydroxyl groups is 1. The number of Topliss-reactive ketones (excluding diaryl/α,β-unsaturated/α-hetero) is 1. The number of hydrogen-bond donors (Lipinski definition) is 4. The molecule has 0 bridgehead atoms. The maximum Gasteiger partial charge on any atom is 0.333 e. The summed E-state index contributed by atoms with van der Waals surface area (Å²) in [6, 6.07) is 24.2. The molecule has 67 heavy (non-hydrogen) atoms. The van der Waals surface area contributed by atoms with Gasteiger partial charge in [0.15, 0.2) is 28.9 Å². The van der Waals surface area contributed by atoms with Gasteiger partial charge in [-0.25, -0.2) is 22.9 Å². The Hall–Kier alpha value is -7.02. The Kier molecular flexibility index (Phi) is 17.8. The molecule has 0 aliphatic heterocycles. The number of aliphatic carboxylic acids is 1. The van der Waals surface area contributed by atoms with Gasteiger partial charge in [-0.3, -0.25) is 32.9 Å². The molecule has 354 valence electrons. The highest BCUT2D eigenvalue weighted by molar-refractivity contribution is 6.30. The van der Waals surface area contributed by atoms with Crippen molar-refractivity contribution in [3.63, 3.8) is 0 Å². The van der Waals surface area contributed by atoms with Crippen molar-refractivity contribution < 1.29 is 38.1 Å². The summed E-state index contributed by atoms with van der Waals surface area (Å²) < 4.78 is 43.6. The molecular weight excluding hydrogens is 917 g/mol. The SMILES string of the molecule is CC(C)Oc1ccc(Nc2cc(=O)n(CC(=O)CCCO)c(=O)n2Cc2ccc(Cl)cc2)cc1F.CC(C)Oc1ccc(Nc2cc(=O)n(CC(=O)O)c(=O)n2Cc2ccc(Cl)cc2)cc1F. The molecule has 0 atom stereocenters. The fraction of sp³-hybridized carbons (Fsp3) is 0.277. The number of nitrogens with zero attached hydrogens (tertiary/aromatic N) is 4. The predicted molar refractivity (Wildman–Crippen MR) is 251 cm³/mol. The maximum atomic E-state index is 14.5. The van der Waals surface area contributed by atoms with E-state index in [0.29, 0.717) is 25.9 Å². The van der Waals surface area contributed by atoms with Crippen molar-refractivity contribution in [2.24, 2.45) is 0 Å². The van der Waals surface area contributed by atoms with E-state index >= 15 is 0 Å². The zero-order valence-electron chi connectivity index (χ0n) is 36.8. The number of halogens is 4. The molecule has 0 fully saturated rings. The van der Waals surface area contributed by atoms with E-state index in [4.69, 9.17) is 42.9 Å². The number of aliphatic hydroxyl groups excluding tert-OH is 1. The monoisotopic (exact) mass is 964 g/mol. The van der Waals surface area contributed by atoms with Gasteiger partial charge in [-0.2, -0.15) is 0 Å². The molecule has 0 saturated heterocycles. The van der Waals surface area contributed by atoms with Crippen molar-refractivity contribution in [3.8, 4) is 11.5 Å². The second-order valence-electron chi connectivity index (χ2n) is 15.5. The Morgan fingerprint density at radius 3 is 1.37 bits per heavy atom. The summed E-state index contributed by atoms with van der Waals surface area (Å²) in [7, 11) is 0. The van der Waals surface area contributed by atoms with Crippen LogP contribution in [0, 0.1) is 11.6 Å². The molecule has 0 unspecified atom stereocenters. The van der Waals surface area contributed by atoms with E-state index in [1.165, 1.54) is 39.5 Å². The van der Waals surface area contributed by atoms with E-state index in [9.17, 15) is 37.5 Å². The molecule has 0 aliphatic carbocycles. The number of anilines is 4. The fourth-order valence-corrected chi connectivity index (χ4v) is 6.65. The summed E-state index contributed by atoms with van der Waals surface area (Å²) in [5, 5.41) is 24.8. The molecule has 6 aromatic rings. The first-order chi connectivity index (χ1) is 31.8. The van der Waals surface area contributed by atoms with Crippen LogP contribution in [0.5, 0.6) is 11.5 Å². The van der Waals surface area contributed by atoms with E-state index in [1.54, 1.807) is 88.4 Å². The predicted octanol–water partition coefficient (Wildman–Crippen LogP) is 7.19. The average molecular weight is 966 g/mol. The van der Waals surface area contributed by atoms with E-state index in [2.05, 4.69) is 10.6 Å². The number of hydrogen-bond acceptors (Lipinski definition) is 11. The smallest absolute Gasteiger partial charge is 0.333 e. The zero-order valence-corrected chi connectivity index (χ0v) is 38.3. The lowest BCUT2D eigenvalue weighted by Crippen LogP contribution is -2.42. The molecule has 2 heterocycles. The van der Waals surface area contributed by atoms with Crippen LogP contribution < -0.4 is 42.6 Å². The highest BCUT2D eigenvalue weighted by Gasteiger charge is 2.18. The molecular formula is C47H48Cl2F2N6O10. The summed E-state index contributed by atoms with van der Waals surface area (Å²) in [4.78, 5) is 74.7. The van der Waals surface area contributed by atoms with Gasteiger partial charge in [0, 0.05) is 58.7 Å². The highest BCUT2D eigenvalue weighted by atomic mass is 35.5. The summed E-state index contributed by atoms with van der Waals surface area (Å²) in [5.41, 5.74) is -1.01. The zero-order chi connectivity index (χ0) is 48.9. The summed E-state index contributed by atoms with van der Waals surface area (Å²) in [6.07, 6.45) is -0.131. The molecule has 0 spiro atoms. The Bertz CT molecular complexity index is 2950. The van der Waals surface area contributed by atoms with Crippen LogP contribution in [0.2, 0.25) is 10.0 Å². The van der Waals surface area contributed by atoms with Crippen molar-refractivity contribution in [1.29, 1.82) is 0 Å². The third-order valence-electron chi connectivity index (χ3n) is 9.44. The van der Waals surface area contributed by atoms with Gasteiger partial charge in [0.05, 0.1) is 31.8 Å². The average Bonchev–Trinajstić information content (AvgIpc) is 3.26. The molecule has 2 aromatic heterocycles. The first-order valence-electron chi connectivity index (χ1n) is 20.8. The second kappa shape index (κ2) is 23.4. The third kappa shape index (κ3) is 14.5. The van der Waals surface area contributed by atoms with Crippen LogP contribution in [0.4, 0.5) is 31.8 Å². The number of rotatable bonds is 19. The highest BCUT2D eigenvalue weighted by Crippen LogP contribution is 2.26. The second-order valence-corrected chi connectivity index (χ2v) is 16.4. The number of carboxylic acid groups (broad SMARTS) is 1. The van der Waals surface area contributed by atoms with Gasteiger partial charge in [0.1, 0.15) is 18.2 Å². The number of ether oxygens (including phenoxy) is 2. The normalized spacial score (nSPS) is 11.0.